The first-order valence-corrected chi connectivity index (χ1v) is 11.6. The third-order valence-corrected chi connectivity index (χ3v) is 6.56. The van der Waals surface area contributed by atoms with Crippen LogP contribution in [0.15, 0.2) is 48.5 Å². The minimum Gasteiger partial charge on any atom is -0.342 e. The van der Waals surface area contributed by atoms with E-state index in [4.69, 9.17) is 0 Å². The standard InChI is InChI=1S/C26H32FN3O2/c1-20-4-2-5-22(16-20)18-28-12-14-29(15-13-28)26(32)23-6-3-11-30(19-23)25(31)17-21-7-9-24(27)10-8-21/h2,4-5,7-10,16,23H,3,6,11-15,17-19H2,1H3. The number of nitrogens with zero attached hydrogens (tertiary/aromatic N) is 3. The van der Waals surface area contributed by atoms with Crippen molar-refractivity contribution in [1.29, 1.82) is 0 Å². The van der Waals surface area contributed by atoms with Crippen LogP contribution in [-0.2, 0) is 22.6 Å². The Morgan fingerprint density at radius 1 is 0.938 bits per heavy atom. The quantitative estimate of drug-likeness (QED) is 0.721. The number of amides is 2. The SMILES string of the molecule is Cc1cccc(CN2CCN(C(=O)C3CCCN(C(=O)Cc4ccc(F)cc4)C3)CC2)c1. The van der Waals surface area contributed by atoms with Gasteiger partial charge in [-0.25, -0.2) is 4.39 Å². The predicted octanol–water partition coefficient (Wildman–Crippen LogP) is 3.26. The van der Waals surface area contributed by atoms with Gasteiger partial charge in [-0.1, -0.05) is 42.0 Å². The molecule has 0 saturated carbocycles. The van der Waals surface area contributed by atoms with Crippen LogP contribution in [0.2, 0.25) is 0 Å². The van der Waals surface area contributed by atoms with Gasteiger partial charge in [0.05, 0.1) is 12.3 Å². The van der Waals surface area contributed by atoms with Crippen LogP contribution in [0, 0.1) is 18.7 Å². The van der Waals surface area contributed by atoms with Crippen LogP contribution in [0.25, 0.3) is 0 Å². The van der Waals surface area contributed by atoms with Gasteiger partial charge in [-0.3, -0.25) is 14.5 Å². The van der Waals surface area contributed by atoms with Gasteiger partial charge in [-0.05, 0) is 43.0 Å². The number of benzene rings is 2. The molecule has 0 spiro atoms. The summed E-state index contributed by atoms with van der Waals surface area (Å²) < 4.78 is 13.1. The maximum atomic E-state index is 13.2. The molecule has 1 atom stereocenters. The second-order valence-corrected chi connectivity index (χ2v) is 9.07. The fourth-order valence-electron chi connectivity index (χ4n) is 4.75. The zero-order chi connectivity index (χ0) is 22.5. The fourth-order valence-corrected chi connectivity index (χ4v) is 4.75. The maximum absolute atomic E-state index is 13.2. The number of rotatable bonds is 5. The lowest BCUT2D eigenvalue weighted by Crippen LogP contribution is -2.52. The van der Waals surface area contributed by atoms with Crippen molar-refractivity contribution < 1.29 is 14.0 Å². The lowest BCUT2D eigenvalue weighted by Gasteiger charge is -2.39. The molecule has 0 N–H and O–H groups in total. The molecule has 0 aromatic heterocycles. The van der Waals surface area contributed by atoms with E-state index in [1.807, 2.05) is 9.80 Å². The molecule has 170 valence electrons. The molecule has 2 heterocycles. The average Bonchev–Trinajstić information content (AvgIpc) is 2.81. The highest BCUT2D eigenvalue weighted by Gasteiger charge is 2.32. The van der Waals surface area contributed by atoms with E-state index in [1.165, 1.54) is 23.3 Å². The molecule has 2 amide bonds. The minimum absolute atomic E-state index is 0.0112. The molecule has 2 aromatic rings. The molecular weight excluding hydrogens is 405 g/mol. The highest BCUT2D eigenvalue weighted by atomic mass is 19.1. The first-order chi connectivity index (χ1) is 15.5. The molecule has 6 heteroatoms. The number of hydrogen-bond donors (Lipinski definition) is 0. The number of carbonyl (C=O) groups is 2. The van der Waals surface area contributed by atoms with Gasteiger partial charge in [0.1, 0.15) is 5.82 Å². The second-order valence-electron chi connectivity index (χ2n) is 9.07. The fraction of sp³-hybridized carbons (Fsp3) is 0.462. The lowest BCUT2D eigenvalue weighted by molar-refractivity contribution is -0.142. The van der Waals surface area contributed by atoms with E-state index in [9.17, 15) is 14.0 Å². The molecule has 0 radical (unpaired) electrons. The molecular formula is C26H32FN3O2. The normalized spacial score (nSPS) is 19.8. The Morgan fingerprint density at radius 2 is 1.69 bits per heavy atom. The van der Waals surface area contributed by atoms with E-state index in [-0.39, 0.29) is 30.0 Å². The van der Waals surface area contributed by atoms with Gasteiger partial charge < -0.3 is 9.80 Å². The van der Waals surface area contributed by atoms with Crippen molar-refractivity contribution >= 4 is 11.8 Å². The van der Waals surface area contributed by atoms with E-state index >= 15 is 0 Å². The summed E-state index contributed by atoms with van der Waals surface area (Å²) >= 11 is 0. The van der Waals surface area contributed by atoms with Gasteiger partial charge in [-0.2, -0.15) is 0 Å². The third-order valence-electron chi connectivity index (χ3n) is 6.56. The molecule has 2 fully saturated rings. The molecule has 5 nitrogen and oxygen atoms in total. The molecule has 2 aliphatic heterocycles. The Balaban J connectivity index is 1.27. The zero-order valence-corrected chi connectivity index (χ0v) is 18.8. The topological polar surface area (TPSA) is 43.9 Å². The predicted molar refractivity (Wildman–Crippen MR) is 122 cm³/mol. The number of halogens is 1. The smallest absolute Gasteiger partial charge is 0.227 e. The van der Waals surface area contributed by atoms with Crippen LogP contribution in [0.1, 0.15) is 29.5 Å². The molecule has 2 aliphatic rings. The van der Waals surface area contributed by atoms with Crippen molar-refractivity contribution in [2.75, 3.05) is 39.3 Å². The molecule has 2 aromatic carbocycles. The summed E-state index contributed by atoms with van der Waals surface area (Å²) in [5, 5.41) is 0. The molecule has 4 rings (SSSR count). The van der Waals surface area contributed by atoms with Crippen molar-refractivity contribution in [2.45, 2.75) is 32.7 Å². The number of piperazine rings is 1. The number of piperidine rings is 1. The van der Waals surface area contributed by atoms with Crippen molar-refractivity contribution in [2.24, 2.45) is 5.92 Å². The lowest BCUT2D eigenvalue weighted by atomic mass is 9.95. The molecule has 2 saturated heterocycles. The van der Waals surface area contributed by atoms with E-state index < -0.39 is 0 Å². The first-order valence-electron chi connectivity index (χ1n) is 11.6. The average molecular weight is 438 g/mol. The van der Waals surface area contributed by atoms with Crippen LogP contribution < -0.4 is 0 Å². The van der Waals surface area contributed by atoms with E-state index in [0.29, 0.717) is 13.1 Å². The van der Waals surface area contributed by atoms with Crippen LogP contribution in [0.5, 0.6) is 0 Å². The molecule has 1 unspecified atom stereocenters. The Hall–Kier alpha value is -2.73. The summed E-state index contributed by atoms with van der Waals surface area (Å²) in [7, 11) is 0. The van der Waals surface area contributed by atoms with Gasteiger partial charge >= 0.3 is 0 Å². The second kappa shape index (κ2) is 10.3. The summed E-state index contributed by atoms with van der Waals surface area (Å²) in [6, 6.07) is 14.6. The minimum atomic E-state index is -0.302. The Morgan fingerprint density at radius 3 is 2.41 bits per heavy atom. The third kappa shape index (κ3) is 5.74. The zero-order valence-electron chi connectivity index (χ0n) is 18.8. The van der Waals surface area contributed by atoms with Crippen LogP contribution >= 0.6 is 0 Å². The summed E-state index contributed by atoms with van der Waals surface area (Å²) in [5.74, 6) is -0.232. The maximum Gasteiger partial charge on any atom is 0.227 e. The van der Waals surface area contributed by atoms with Crippen molar-refractivity contribution in [3.8, 4) is 0 Å². The van der Waals surface area contributed by atoms with Crippen molar-refractivity contribution in [3.63, 3.8) is 0 Å². The van der Waals surface area contributed by atoms with Crippen molar-refractivity contribution in [1.82, 2.24) is 14.7 Å². The van der Waals surface area contributed by atoms with E-state index in [2.05, 4.69) is 36.1 Å². The summed E-state index contributed by atoms with van der Waals surface area (Å²) in [6.07, 6.45) is 1.93. The highest BCUT2D eigenvalue weighted by Crippen LogP contribution is 2.21. The van der Waals surface area contributed by atoms with Crippen LogP contribution in [-0.4, -0.2) is 65.8 Å². The van der Waals surface area contributed by atoms with E-state index in [0.717, 1.165) is 51.1 Å². The Labute approximate surface area is 189 Å². The number of aryl methyl sites for hydroxylation is 1. The van der Waals surface area contributed by atoms with Gasteiger partial charge in [-0.15, -0.1) is 0 Å². The van der Waals surface area contributed by atoms with E-state index in [1.54, 1.807) is 12.1 Å². The van der Waals surface area contributed by atoms with Crippen LogP contribution in [0.4, 0.5) is 4.39 Å². The first kappa shape index (κ1) is 22.5. The van der Waals surface area contributed by atoms with Gasteiger partial charge in [0, 0.05) is 45.8 Å². The van der Waals surface area contributed by atoms with Gasteiger partial charge in [0.2, 0.25) is 11.8 Å². The van der Waals surface area contributed by atoms with Gasteiger partial charge in [0.15, 0.2) is 0 Å². The number of hydrogen-bond acceptors (Lipinski definition) is 3. The molecule has 0 bridgehead atoms. The summed E-state index contributed by atoms with van der Waals surface area (Å²) in [5.41, 5.74) is 3.38. The largest absolute Gasteiger partial charge is 0.342 e. The Bertz CT molecular complexity index is 938. The molecule has 32 heavy (non-hydrogen) atoms. The molecule has 0 aliphatic carbocycles. The number of carbonyl (C=O) groups excluding carboxylic acids is 2. The summed E-state index contributed by atoms with van der Waals surface area (Å²) in [6.45, 7) is 7.43. The van der Waals surface area contributed by atoms with Crippen molar-refractivity contribution in [3.05, 3.63) is 71.0 Å². The Kier molecular flexibility index (Phi) is 7.20. The number of likely N-dealkylation sites (tertiary alicyclic amines) is 1. The summed E-state index contributed by atoms with van der Waals surface area (Å²) in [4.78, 5) is 32.1. The highest BCUT2D eigenvalue weighted by molar-refractivity contribution is 5.82. The monoisotopic (exact) mass is 437 g/mol. The van der Waals surface area contributed by atoms with Crippen LogP contribution in [0.3, 0.4) is 0 Å². The van der Waals surface area contributed by atoms with Gasteiger partial charge in [0.25, 0.3) is 0 Å².